The zero-order chi connectivity index (χ0) is 21.8. The molecule has 1 N–H and O–H groups in total. The highest BCUT2D eigenvalue weighted by Crippen LogP contribution is 2.21. The van der Waals surface area contributed by atoms with Crippen molar-refractivity contribution in [3.63, 3.8) is 0 Å². The van der Waals surface area contributed by atoms with Gasteiger partial charge in [-0.3, -0.25) is 19.5 Å². The van der Waals surface area contributed by atoms with Gasteiger partial charge in [-0.15, -0.1) is 0 Å². The predicted octanol–water partition coefficient (Wildman–Crippen LogP) is 2.81. The molecule has 2 aromatic rings. The Bertz CT molecular complexity index is 966. The molecule has 0 bridgehead atoms. The van der Waals surface area contributed by atoms with E-state index in [1.165, 1.54) is 24.3 Å². The van der Waals surface area contributed by atoms with Gasteiger partial charge in [-0.25, -0.2) is 4.39 Å². The van der Waals surface area contributed by atoms with Gasteiger partial charge in [0.25, 0.3) is 5.91 Å². The molecular weight excluding hydrogens is 397 g/mol. The van der Waals surface area contributed by atoms with Gasteiger partial charge in [0, 0.05) is 56.1 Å². The normalized spacial score (nSPS) is 16.9. The monoisotopic (exact) mass is 423 g/mol. The van der Waals surface area contributed by atoms with Crippen molar-refractivity contribution in [1.82, 2.24) is 9.80 Å². The lowest BCUT2D eigenvalue weighted by Gasteiger charge is -2.34. The third-order valence-electron chi connectivity index (χ3n) is 5.54. The van der Waals surface area contributed by atoms with Crippen LogP contribution in [0, 0.1) is 5.82 Å². The van der Waals surface area contributed by atoms with E-state index in [0.717, 1.165) is 24.4 Å². The zero-order valence-corrected chi connectivity index (χ0v) is 17.6. The number of benzene rings is 2. The van der Waals surface area contributed by atoms with E-state index in [2.05, 4.69) is 10.4 Å². The molecule has 0 spiro atoms. The number of carbonyl (C=O) groups is 2. The number of anilines is 2. The molecule has 2 aromatic carbocycles. The highest BCUT2D eigenvalue weighted by Gasteiger charge is 2.23. The number of rotatable bonds is 5. The molecule has 2 heterocycles. The van der Waals surface area contributed by atoms with Crippen LogP contribution in [-0.2, 0) is 4.79 Å². The Labute approximate surface area is 181 Å². The average Bonchev–Trinajstić information content (AvgIpc) is 3.22. The molecule has 0 saturated carbocycles. The van der Waals surface area contributed by atoms with Crippen molar-refractivity contribution in [3.8, 4) is 0 Å². The maximum absolute atomic E-state index is 13.0. The molecule has 0 atom stereocenters. The number of halogens is 1. The lowest BCUT2D eigenvalue weighted by Crippen LogP contribution is -2.50. The van der Waals surface area contributed by atoms with Crippen molar-refractivity contribution in [2.45, 2.75) is 13.3 Å². The predicted molar refractivity (Wildman–Crippen MR) is 119 cm³/mol. The Balaban J connectivity index is 1.26. The summed E-state index contributed by atoms with van der Waals surface area (Å²) in [5.74, 6) is -0.488. The molecule has 0 unspecified atom stereocenters. The van der Waals surface area contributed by atoms with Gasteiger partial charge in [-0.1, -0.05) is 0 Å². The topological polar surface area (TPSA) is 68.2 Å². The molecular formula is C23H26FN5O2. The van der Waals surface area contributed by atoms with Crippen molar-refractivity contribution in [1.29, 1.82) is 0 Å². The number of hydrazone groups is 1. The molecule has 7 nitrogen and oxygen atoms in total. The fourth-order valence-corrected chi connectivity index (χ4v) is 3.77. The summed E-state index contributed by atoms with van der Waals surface area (Å²) in [5.41, 5.74) is 3.33. The number of nitrogens with one attached hydrogen (secondary N) is 1. The Hall–Kier alpha value is -3.26. The lowest BCUT2D eigenvalue weighted by molar-refractivity contribution is -0.117. The van der Waals surface area contributed by atoms with Crippen LogP contribution in [0.1, 0.15) is 23.7 Å². The van der Waals surface area contributed by atoms with Crippen LogP contribution in [0.25, 0.3) is 0 Å². The van der Waals surface area contributed by atoms with Crippen molar-refractivity contribution in [3.05, 3.63) is 59.9 Å². The van der Waals surface area contributed by atoms with Crippen LogP contribution in [0.5, 0.6) is 0 Å². The van der Waals surface area contributed by atoms with Crippen molar-refractivity contribution >= 4 is 28.9 Å². The van der Waals surface area contributed by atoms with Crippen LogP contribution in [0.15, 0.2) is 53.6 Å². The Morgan fingerprint density at radius 3 is 2.26 bits per heavy atom. The molecule has 0 aliphatic carbocycles. The number of amides is 2. The molecule has 1 fully saturated rings. The summed E-state index contributed by atoms with van der Waals surface area (Å²) < 4.78 is 13.0. The van der Waals surface area contributed by atoms with Crippen LogP contribution in [0.2, 0.25) is 0 Å². The number of carbonyl (C=O) groups excluding carboxylic acids is 2. The van der Waals surface area contributed by atoms with E-state index in [9.17, 15) is 14.0 Å². The molecule has 2 aliphatic rings. The molecule has 162 valence electrons. The van der Waals surface area contributed by atoms with Crippen LogP contribution < -0.4 is 10.3 Å². The lowest BCUT2D eigenvalue weighted by atomic mass is 10.1. The summed E-state index contributed by atoms with van der Waals surface area (Å²) in [6.45, 7) is 5.52. The van der Waals surface area contributed by atoms with Gasteiger partial charge in [0.15, 0.2) is 0 Å². The quantitative estimate of drug-likeness (QED) is 0.803. The van der Waals surface area contributed by atoms with Gasteiger partial charge < -0.3 is 10.2 Å². The van der Waals surface area contributed by atoms with Crippen molar-refractivity contribution in [2.75, 3.05) is 49.6 Å². The van der Waals surface area contributed by atoms with E-state index in [0.29, 0.717) is 37.4 Å². The average molecular weight is 423 g/mol. The SMILES string of the molecule is CC1=NN(c2ccc(C(=O)N3CCN(CC(=O)Nc4ccc(F)cc4)CC3)cc2)CC1. The van der Waals surface area contributed by atoms with Crippen molar-refractivity contribution in [2.24, 2.45) is 5.10 Å². The molecule has 0 aromatic heterocycles. The third kappa shape index (κ3) is 5.27. The second-order valence-corrected chi connectivity index (χ2v) is 7.88. The van der Waals surface area contributed by atoms with Crippen LogP contribution in [0.4, 0.5) is 15.8 Å². The van der Waals surface area contributed by atoms with Crippen LogP contribution in [-0.4, -0.2) is 66.6 Å². The molecule has 1 saturated heterocycles. The van der Waals surface area contributed by atoms with Gasteiger partial charge in [0.05, 0.1) is 12.2 Å². The first kappa shape index (κ1) is 21.0. The summed E-state index contributed by atoms with van der Waals surface area (Å²) in [4.78, 5) is 28.9. The van der Waals surface area contributed by atoms with E-state index in [4.69, 9.17) is 0 Å². The number of hydrogen-bond donors (Lipinski definition) is 1. The van der Waals surface area contributed by atoms with E-state index in [-0.39, 0.29) is 24.2 Å². The van der Waals surface area contributed by atoms with Gasteiger partial charge in [0.2, 0.25) is 5.91 Å². The van der Waals surface area contributed by atoms with E-state index in [1.807, 2.05) is 46.0 Å². The zero-order valence-electron chi connectivity index (χ0n) is 17.6. The number of nitrogens with zero attached hydrogens (tertiary/aromatic N) is 4. The Kier molecular flexibility index (Phi) is 6.27. The highest BCUT2D eigenvalue weighted by molar-refractivity contribution is 5.95. The minimum absolute atomic E-state index is 0.00284. The minimum atomic E-state index is -0.340. The maximum Gasteiger partial charge on any atom is 0.253 e. The molecule has 4 rings (SSSR count). The highest BCUT2D eigenvalue weighted by atomic mass is 19.1. The third-order valence-corrected chi connectivity index (χ3v) is 5.54. The van der Waals surface area contributed by atoms with E-state index in [1.54, 1.807) is 0 Å². The molecule has 8 heteroatoms. The maximum atomic E-state index is 13.0. The largest absolute Gasteiger partial charge is 0.336 e. The summed E-state index contributed by atoms with van der Waals surface area (Å²) in [6.07, 6.45) is 0.965. The number of hydrogen-bond acceptors (Lipinski definition) is 5. The minimum Gasteiger partial charge on any atom is -0.336 e. The first-order valence-corrected chi connectivity index (χ1v) is 10.5. The standard InChI is InChI=1S/C23H26FN5O2/c1-17-10-11-29(26-17)21-8-2-18(3-9-21)23(31)28-14-12-27(13-15-28)16-22(30)25-20-6-4-19(24)5-7-20/h2-9H,10-16H2,1H3,(H,25,30). The summed E-state index contributed by atoms with van der Waals surface area (Å²) >= 11 is 0. The summed E-state index contributed by atoms with van der Waals surface area (Å²) in [7, 11) is 0. The van der Waals surface area contributed by atoms with E-state index >= 15 is 0 Å². The Morgan fingerprint density at radius 1 is 0.968 bits per heavy atom. The summed E-state index contributed by atoms with van der Waals surface area (Å²) in [5, 5.41) is 9.21. The van der Waals surface area contributed by atoms with Crippen LogP contribution in [0.3, 0.4) is 0 Å². The summed E-state index contributed by atoms with van der Waals surface area (Å²) in [6, 6.07) is 13.3. The van der Waals surface area contributed by atoms with Crippen LogP contribution >= 0.6 is 0 Å². The smallest absolute Gasteiger partial charge is 0.253 e. The first-order chi connectivity index (χ1) is 15.0. The molecule has 2 aliphatic heterocycles. The van der Waals surface area contributed by atoms with Gasteiger partial charge in [-0.2, -0.15) is 5.10 Å². The molecule has 31 heavy (non-hydrogen) atoms. The second-order valence-electron chi connectivity index (χ2n) is 7.88. The van der Waals surface area contributed by atoms with Gasteiger partial charge >= 0.3 is 0 Å². The van der Waals surface area contributed by atoms with E-state index < -0.39 is 0 Å². The second kappa shape index (κ2) is 9.26. The number of piperazine rings is 1. The fraction of sp³-hybridized carbons (Fsp3) is 0.348. The molecule has 0 radical (unpaired) electrons. The van der Waals surface area contributed by atoms with Gasteiger partial charge in [-0.05, 0) is 55.5 Å². The fourth-order valence-electron chi connectivity index (χ4n) is 3.77. The molecule has 2 amide bonds. The van der Waals surface area contributed by atoms with Gasteiger partial charge in [0.1, 0.15) is 5.82 Å². The van der Waals surface area contributed by atoms with Crippen molar-refractivity contribution < 1.29 is 14.0 Å². The first-order valence-electron chi connectivity index (χ1n) is 10.5. The Morgan fingerprint density at radius 2 is 1.65 bits per heavy atom.